The third-order valence-corrected chi connectivity index (χ3v) is 1.60. The van der Waals surface area contributed by atoms with Crippen LogP contribution in [0, 0.1) is 0 Å². The number of rotatable bonds is 3. The predicted octanol–water partition coefficient (Wildman–Crippen LogP) is 1.38. The van der Waals surface area contributed by atoms with Gasteiger partial charge in [-0.15, -0.1) is 0 Å². The van der Waals surface area contributed by atoms with E-state index in [1.54, 1.807) is 12.1 Å². The van der Waals surface area contributed by atoms with Crippen molar-refractivity contribution in [2.24, 2.45) is 0 Å². The Kier molecular flexibility index (Phi) is 3.53. The van der Waals surface area contributed by atoms with Crippen molar-refractivity contribution in [2.45, 2.75) is 13.0 Å². The van der Waals surface area contributed by atoms with Gasteiger partial charge in [-0.25, -0.2) is 0 Å². The van der Waals surface area contributed by atoms with E-state index in [1.165, 1.54) is 12.1 Å². The van der Waals surface area contributed by atoms with Gasteiger partial charge >= 0.3 is 6.43 Å². The molecule has 0 aliphatic rings. The molecule has 14 heavy (non-hydrogen) atoms. The second-order valence-electron chi connectivity index (χ2n) is 2.64. The van der Waals surface area contributed by atoms with Gasteiger partial charge in [-0.1, -0.05) is 12.1 Å². The predicted molar refractivity (Wildman–Crippen MR) is 47.0 cm³/mol. The topological polar surface area (TPSA) is 49.3 Å². The molecule has 2 N–H and O–H groups in total. The molecule has 0 saturated carbocycles. The minimum absolute atomic E-state index is 0.122. The molecule has 76 valence electrons. The molecule has 0 aromatic heterocycles. The number of anilines is 1. The first-order valence-electron chi connectivity index (χ1n) is 3.92. The molecule has 0 aliphatic heterocycles. The van der Waals surface area contributed by atoms with Gasteiger partial charge in [0.25, 0.3) is 5.91 Å². The quantitative estimate of drug-likeness (QED) is 0.776. The van der Waals surface area contributed by atoms with Crippen molar-refractivity contribution in [1.82, 2.24) is 0 Å². The summed E-state index contributed by atoms with van der Waals surface area (Å²) in [5, 5.41) is 10.7. The second-order valence-corrected chi connectivity index (χ2v) is 2.64. The van der Waals surface area contributed by atoms with Gasteiger partial charge in [-0.2, -0.15) is 8.78 Å². The SMILES string of the molecule is O=C(Nc1ccc(CO)cc1)C(F)F. The number of aliphatic hydroxyl groups is 1. The van der Waals surface area contributed by atoms with E-state index in [4.69, 9.17) is 5.11 Å². The maximum absolute atomic E-state index is 11.8. The van der Waals surface area contributed by atoms with Gasteiger partial charge in [0.2, 0.25) is 0 Å². The highest BCUT2D eigenvalue weighted by molar-refractivity contribution is 5.92. The number of hydrogen-bond donors (Lipinski definition) is 2. The maximum Gasteiger partial charge on any atom is 0.315 e. The summed E-state index contributed by atoms with van der Waals surface area (Å²) in [5.74, 6) is -1.33. The molecule has 3 nitrogen and oxygen atoms in total. The van der Waals surface area contributed by atoms with Gasteiger partial charge in [-0.3, -0.25) is 4.79 Å². The Labute approximate surface area is 79.4 Å². The summed E-state index contributed by atoms with van der Waals surface area (Å²) in [6.45, 7) is -0.122. The molecule has 0 unspecified atom stereocenters. The third-order valence-electron chi connectivity index (χ3n) is 1.60. The van der Waals surface area contributed by atoms with Crippen LogP contribution in [0.3, 0.4) is 0 Å². The molecule has 0 aliphatic carbocycles. The molecule has 0 heterocycles. The summed E-state index contributed by atoms with van der Waals surface area (Å²) in [5.41, 5.74) is 0.938. The minimum atomic E-state index is -3.02. The van der Waals surface area contributed by atoms with Crippen molar-refractivity contribution in [3.05, 3.63) is 29.8 Å². The lowest BCUT2D eigenvalue weighted by Gasteiger charge is -2.04. The Morgan fingerprint density at radius 1 is 1.36 bits per heavy atom. The summed E-state index contributed by atoms with van der Waals surface area (Å²) in [7, 11) is 0. The van der Waals surface area contributed by atoms with E-state index >= 15 is 0 Å². The van der Waals surface area contributed by atoms with Crippen LogP contribution in [-0.4, -0.2) is 17.4 Å². The Bertz CT molecular complexity index is 311. The molecule has 5 heteroatoms. The van der Waals surface area contributed by atoms with E-state index in [0.29, 0.717) is 5.56 Å². The van der Waals surface area contributed by atoms with Crippen LogP contribution < -0.4 is 5.32 Å². The van der Waals surface area contributed by atoms with Crippen LogP contribution in [0.1, 0.15) is 5.56 Å². The molecular formula is C9H9F2NO2. The van der Waals surface area contributed by atoms with Crippen LogP contribution in [0.25, 0.3) is 0 Å². The first-order valence-corrected chi connectivity index (χ1v) is 3.92. The molecule has 0 spiro atoms. The molecule has 1 aromatic carbocycles. The first-order chi connectivity index (χ1) is 6.63. The van der Waals surface area contributed by atoms with Crippen LogP contribution >= 0.6 is 0 Å². The minimum Gasteiger partial charge on any atom is -0.392 e. The Balaban J connectivity index is 2.64. The lowest BCUT2D eigenvalue weighted by molar-refractivity contribution is -0.126. The molecule has 1 rings (SSSR count). The zero-order chi connectivity index (χ0) is 10.6. The Hall–Kier alpha value is -1.49. The van der Waals surface area contributed by atoms with E-state index in [1.807, 2.05) is 5.32 Å². The zero-order valence-electron chi connectivity index (χ0n) is 7.21. The van der Waals surface area contributed by atoms with E-state index in [2.05, 4.69) is 0 Å². The monoisotopic (exact) mass is 201 g/mol. The second kappa shape index (κ2) is 4.66. The zero-order valence-corrected chi connectivity index (χ0v) is 7.21. The van der Waals surface area contributed by atoms with Crippen LogP contribution in [-0.2, 0) is 11.4 Å². The van der Waals surface area contributed by atoms with E-state index in [9.17, 15) is 13.6 Å². The van der Waals surface area contributed by atoms with Crippen LogP contribution in [0.2, 0.25) is 0 Å². The normalized spacial score (nSPS) is 10.3. The Morgan fingerprint density at radius 2 is 1.93 bits per heavy atom. The van der Waals surface area contributed by atoms with Crippen LogP contribution in [0.5, 0.6) is 0 Å². The lowest BCUT2D eigenvalue weighted by Crippen LogP contribution is -2.19. The van der Waals surface area contributed by atoms with Gasteiger partial charge in [0.1, 0.15) is 0 Å². The number of aliphatic hydroxyl groups excluding tert-OH is 1. The van der Waals surface area contributed by atoms with Crippen molar-refractivity contribution >= 4 is 11.6 Å². The van der Waals surface area contributed by atoms with Gasteiger partial charge < -0.3 is 10.4 Å². The van der Waals surface area contributed by atoms with Gasteiger partial charge in [-0.05, 0) is 17.7 Å². The van der Waals surface area contributed by atoms with Gasteiger partial charge in [0.15, 0.2) is 0 Å². The first kappa shape index (κ1) is 10.6. The number of carbonyl (C=O) groups excluding carboxylic acids is 1. The van der Waals surface area contributed by atoms with Crippen molar-refractivity contribution < 1.29 is 18.7 Å². The number of benzene rings is 1. The third kappa shape index (κ3) is 2.77. The lowest BCUT2D eigenvalue weighted by atomic mass is 10.2. The van der Waals surface area contributed by atoms with E-state index in [0.717, 1.165) is 0 Å². The van der Waals surface area contributed by atoms with Crippen LogP contribution in [0.4, 0.5) is 14.5 Å². The summed E-state index contributed by atoms with van der Waals surface area (Å²) in [6, 6.07) is 5.99. The Morgan fingerprint density at radius 3 is 2.36 bits per heavy atom. The van der Waals surface area contributed by atoms with Crippen molar-refractivity contribution in [3.63, 3.8) is 0 Å². The number of hydrogen-bond acceptors (Lipinski definition) is 2. The smallest absolute Gasteiger partial charge is 0.315 e. The van der Waals surface area contributed by atoms with Crippen molar-refractivity contribution in [1.29, 1.82) is 0 Å². The molecule has 1 aromatic rings. The summed E-state index contributed by atoms with van der Waals surface area (Å²) < 4.78 is 23.6. The molecule has 0 bridgehead atoms. The van der Waals surface area contributed by atoms with E-state index in [-0.39, 0.29) is 12.3 Å². The molecule has 1 amide bonds. The number of carbonyl (C=O) groups is 1. The fourth-order valence-corrected chi connectivity index (χ4v) is 0.890. The average Bonchev–Trinajstić information content (AvgIpc) is 2.19. The molecule has 0 atom stereocenters. The highest BCUT2D eigenvalue weighted by Gasteiger charge is 2.14. The number of nitrogens with one attached hydrogen (secondary N) is 1. The summed E-state index contributed by atoms with van der Waals surface area (Å²) >= 11 is 0. The highest BCUT2D eigenvalue weighted by atomic mass is 19.3. The van der Waals surface area contributed by atoms with E-state index < -0.39 is 12.3 Å². The maximum atomic E-state index is 11.8. The number of amides is 1. The molecule has 0 saturated heterocycles. The largest absolute Gasteiger partial charge is 0.392 e. The molecule has 0 fully saturated rings. The average molecular weight is 201 g/mol. The summed E-state index contributed by atoms with van der Waals surface area (Å²) in [4.78, 5) is 10.6. The highest BCUT2D eigenvalue weighted by Crippen LogP contribution is 2.10. The summed E-state index contributed by atoms with van der Waals surface area (Å²) in [6.07, 6.45) is -3.02. The molecular weight excluding hydrogens is 192 g/mol. The van der Waals surface area contributed by atoms with Crippen molar-refractivity contribution in [3.8, 4) is 0 Å². The van der Waals surface area contributed by atoms with Gasteiger partial charge in [0.05, 0.1) is 6.61 Å². The fourth-order valence-electron chi connectivity index (χ4n) is 0.890. The van der Waals surface area contributed by atoms with Crippen molar-refractivity contribution in [2.75, 3.05) is 5.32 Å². The molecule has 0 radical (unpaired) electrons. The van der Waals surface area contributed by atoms with Crippen LogP contribution in [0.15, 0.2) is 24.3 Å². The number of alkyl halides is 2. The standard InChI is InChI=1S/C9H9F2NO2/c10-8(11)9(14)12-7-3-1-6(5-13)2-4-7/h1-4,8,13H,5H2,(H,12,14). The van der Waals surface area contributed by atoms with Gasteiger partial charge in [0, 0.05) is 5.69 Å². The number of halogens is 2. The fraction of sp³-hybridized carbons (Fsp3) is 0.222.